The van der Waals surface area contributed by atoms with Gasteiger partial charge in [-0.25, -0.2) is 0 Å². The number of nitro benzene ring substituents is 1. The van der Waals surface area contributed by atoms with Crippen molar-refractivity contribution in [1.29, 1.82) is 0 Å². The number of anilines is 1. The lowest BCUT2D eigenvalue weighted by Crippen LogP contribution is -2.25. The van der Waals surface area contributed by atoms with Gasteiger partial charge in [0.25, 0.3) is 5.69 Å². The van der Waals surface area contributed by atoms with E-state index < -0.39 is 10.7 Å². The lowest BCUT2D eigenvalue weighted by atomic mass is 9.82. The van der Waals surface area contributed by atoms with E-state index in [4.69, 9.17) is 0 Å². The van der Waals surface area contributed by atoms with Gasteiger partial charge in [0.15, 0.2) is 5.78 Å². The minimum absolute atomic E-state index is 0.0381. The summed E-state index contributed by atoms with van der Waals surface area (Å²) in [4.78, 5) is 39.4. The average Bonchev–Trinajstić information content (AvgIpc) is 2.72. The maximum atomic E-state index is 13.5. The number of ketones is 2. The van der Waals surface area contributed by atoms with E-state index in [2.05, 4.69) is 5.32 Å². The first-order valence-electron chi connectivity index (χ1n) is 9.41. The summed E-state index contributed by atoms with van der Waals surface area (Å²) in [5.74, 6) is -0.889. The molecule has 0 fully saturated rings. The number of carbonyl (C=O) groups excluding carboxylic acids is 2. The zero-order valence-electron chi connectivity index (χ0n) is 16.3. The predicted octanol–water partition coefficient (Wildman–Crippen LogP) is 5.34. The third-order valence-corrected chi connectivity index (χ3v) is 5.82. The van der Waals surface area contributed by atoms with Gasteiger partial charge in [0.1, 0.15) is 5.56 Å². The minimum atomic E-state index is -0.616. The fourth-order valence-electron chi connectivity index (χ4n) is 3.56. The van der Waals surface area contributed by atoms with Crippen molar-refractivity contribution in [2.45, 2.75) is 29.7 Å². The van der Waals surface area contributed by atoms with E-state index in [1.807, 2.05) is 44.2 Å². The Morgan fingerprint density at radius 3 is 2.27 bits per heavy atom. The summed E-state index contributed by atoms with van der Waals surface area (Å²) in [7, 11) is 0. The molecule has 0 amide bonds. The number of nitrogens with one attached hydrogen (secondary N) is 1. The Balaban J connectivity index is 1.97. The monoisotopic (exact) mass is 418 g/mol. The Kier molecular flexibility index (Phi) is 5.13. The normalized spacial score (nSPS) is 12.5. The lowest BCUT2D eigenvalue weighted by Gasteiger charge is -2.24. The van der Waals surface area contributed by atoms with E-state index in [1.165, 1.54) is 30.0 Å². The van der Waals surface area contributed by atoms with Gasteiger partial charge >= 0.3 is 0 Å². The van der Waals surface area contributed by atoms with Gasteiger partial charge in [0.05, 0.1) is 16.1 Å². The van der Waals surface area contributed by atoms with E-state index in [0.717, 1.165) is 4.90 Å². The Morgan fingerprint density at radius 2 is 1.60 bits per heavy atom. The number of carbonyl (C=O) groups is 2. The van der Waals surface area contributed by atoms with E-state index in [9.17, 15) is 19.7 Å². The molecule has 0 aliphatic heterocycles. The van der Waals surface area contributed by atoms with E-state index >= 15 is 0 Å². The maximum absolute atomic E-state index is 13.5. The zero-order valence-corrected chi connectivity index (χ0v) is 17.2. The third-order valence-electron chi connectivity index (χ3n) is 4.75. The molecule has 0 heterocycles. The fraction of sp³-hybridized carbons (Fsp3) is 0.130. The molecule has 4 rings (SSSR count). The molecule has 0 radical (unpaired) electrons. The van der Waals surface area contributed by atoms with Crippen LogP contribution >= 0.6 is 11.8 Å². The van der Waals surface area contributed by atoms with Gasteiger partial charge in [-0.2, -0.15) is 0 Å². The number of nitrogens with zero attached hydrogens (tertiary/aromatic N) is 1. The van der Waals surface area contributed by atoms with Crippen LogP contribution in [-0.4, -0.2) is 22.5 Å². The smallest absolute Gasteiger partial charge is 0.281 e. The van der Waals surface area contributed by atoms with Crippen LogP contribution in [0.15, 0.2) is 70.5 Å². The first-order chi connectivity index (χ1) is 14.4. The van der Waals surface area contributed by atoms with E-state index in [0.29, 0.717) is 10.6 Å². The second-order valence-corrected chi connectivity index (χ2v) is 8.31. The van der Waals surface area contributed by atoms with Crippen LogP contribution in [0.2, 0.25) is 0 Å². The summed E-state index contributed by atoms with van der Waals surface area (Å²) in [6, 6.07) is 17.3. The highest BCUT2D eigenvalue weighted by atomic mass is 32.2. The van der Waals surface area contributed by atoms with Crippen molar-refractivity contribution >= 4 is 34.7 Å². The van der Waals surface area contributed by atoms with Gasteiger partial charge in [-0.3, -0.25) is 19.7 Å². The zero-order chi connectivity index (χ0) is 21.4. The second-order valence-electron chi connectivity index (χ2n) is 7.19. The first kappa shape index (κ1) is 19.8. The van der Waals surface area contributed by atoms with Gasteiger partial charge in [0, 0.05) is 33.2 Å². The van der Waals surface area contributed by atoms with Crippen molar-refractivity contribution in [3.05, 3.63) is 93.0 Å². The largest absolute Gasteiger partial charge is 0.382 e. The van der Waals surface area contributed by atoms with Gasteiger partial charge in [-0.15, -0.1) is 0 Å². The molecular weight excluding hydrogens is 400 g/mol. The van der Waals surface area contributed by atoms with Crippen LogP contribution in [0, 0.1) is 10.1 Å². The second kappa shape index (κ2) is 7.76. The summed E-state index contributed by atoms with van der Waals surface area (Å²) in [6.07, 6.45) is 0. The maximum Gasteiger partial charge on any atom is 0.281 e. The molecule has 3 aromatic carbocycles. The Labute approximate surface area is 177 Å². The summed E-state index contributed by atoms with van der Waals surface area (Å²) in [5.41, 5.74) is 0.596. The number of nitro groups is 1. The predicted molar refractivity (Wildman–Crippen MR) is 116 cm³/mol. The SMILES string of the molecule is CC(C)Nc1ccc(Sc2ccccc2)c2c1C(=O)c1cccc([N+](=O)[O-])c1C2=O. The molecule has 0 spiro atoms. The standard InChI is InChI=1S/C23H18N2O4S/c1-13(2)24-16-11-12-18(30-14-7-4-3-5-8-14)21-20(16)22(26)15-9-6-10-17(25(28)29)19(15)23(21)27/h3-13,24H,1-2H3. The van der Waals surface area contributed by atoms with Gasteiger partial charge < -0.3 is 5.32 Å². The topological polar surface area (TPSA) is 89.3 Å². The molecule has 0 atom stereocenters. The van der Waals surface area contributed by atoms with Crippen molar-refractivity contribution in [3.8, 4) is 0 Å². The summed E-state index contributed by atoms with van der Waals surface area (Å²) >= 11 is 1.35. The van der Waals surface area contributed by atoms with Crippen molar-refractivity contribution < 1.29 is 14.5 Å². The van der Waals surface area contributed by atoms with Crippen LogP contribution < -0.4 is 5.32 Å². The van der Waals surface area contributed by atoms with Crippen LogP contribution in [0.25, 0.3) is 0 Å². The number of benzene rings is 3. The highest BCUT2D eigenvalue weighted by Crippen LogP contribution is 2.42. The van der Waals surface area contributed by atoms with Crippen LogP contribution in [0.5, 0.6) is 0 Å². The highest BCUT2D eigenvalue weighted by Gasteiger charge is 2.38. The lowest BCUT2D eigenvalue weighted by molar-refractivity contribution is -0.385. The molecule has 0 saturated carbocycles. The molecule has 1 N–H and O–H groups in total. The van der Waals surface area contributed by atoms with Gasteiger partial charge in [-0.1, -0.05) is 36.0 Å². The molecule has 6 nitrogen and oxygen atoms in total. The van der Waals surface area contributed by atoms with Crippen molar-refractivity contribution in [2.24, 2.45) is 0 Å². The third kappa shape index (κ3) is 3.37. The number of rotatable bonds is 5. The Bertz CT molecular complexity index is 1190. The van der Waals surface area contributed by atoms with Crippen LogP contribution in [0.4, 0.5) is 11.4 Å². The molecule has 0 aromatic heterocycles. The summed E-state index contributed by atoms with van der Waals surface area (Å²) in [6.45, 7) is 3.87. The average molecular weight is 418 g/mol. The first-order valence-corrected chi connectivity index (χ1v) is 10.2. The Hall–Kier alpha value is -3.45. The molecule has 1 aliphatic carbocycles. The van der Waals surface area contributed by atoms with Crippen molar-refractivity contribution in [3.63, 3.8) is 0 Å². The van der Waals surface area contributed by atoms with Crippen LogP contribution in [0.3, 0.4) is 0 Å². The van der Waals surface area contributed by atoms with Crippen LogP contribution in [-0.2, 0) is 0 Å². The van der Waals surface area contributed by atoms with E-state index in [1.54, 1.807) is 12.1 Å². The number of hydrogen-bond donors (Lipinski definition) is 1. The molecule has 150 valence electrons. The molecule has 7 heteroatoms. The molecular formula is C23H18N2O4S. The molecule has 30 heavy (non-hydrogen) atoms. The van der Waals surface area contributed by atoms with Crippen molar-refractivity contribution in [2.75, 3.05) is 5.32 Å². The number of fused-ring (bicyclic) bond motifs is 2. The van der Waals surface area contributed by atoms with Gasteiger partial charge in [-0.05, 0) is 44.2 Å². The van der Waals surface area contributed by atoms with Gasteiger partial charge in [0.2, 0.25) is 5.78 Å². The highest BCUT2D eigenvalue weighted by molar-refractivity contribution is 7.99. The fourth-order valence-corrected chi connectivity index (χ4v) is 4.54. The summed E-state index contributed by atoms with van der Waals surface area (Å²) < 4.78 is 0. The molecule has 1 aliphatic rings. The number of hydrogen-bond acceptors (Lipinski definition) is 6. The molecule has 0 bridgehead atoms. The van der Waals surface area contributed by atoms with Crippen LogP contribution in [0.1, 0.15) is 45.7 Å². The minimum Gasteiger partial charge on any atom is -0.382 e. The Morgan fingerprint density at radius 1 is 0.867 bits per heavy atom. The molecule has 0 saturated heterocycles. The summed E-state index contributed by atoms with van der Waals surface area (Å²) in [5, 5.41) is 14.8. The van der Waals surface area contributed by atoms with Crippen molar-refractivity contribution in [1.82, 2.24) is 0 Å². The van der Waals surface area contributed by atoms with E-state index in [-0.39, 0.29) is 39.8 Å². The quantitative estimate of drug-likeness (QED) is 0.347. The molecule has 0 unspecified atom stereocenters. The molecule has 3 aromatic rings.